The summed E-state index contributed by atoms with van der Waals surface area (Å²) in [5.41, 5.74) is 5.07. The van der Waals surface area contributed by atoms with Crippen molar-refractivity contribution in [1.82, 2.24) is 9.47 Å². The van der Waals surface area contributed by atoms with E-state index < -0.39 is 0 Å². The fourth-order valence-electron chi connectivity index (χ4n) is 4.15. The van der Waals surface area contributed by atoms with E-state index in [-0.39, 0.29) is 6.04 Å². The Labute approximate surface area is 167 Å². The van der Waals surface area contributed by atoms with Crippen LogP contribution in [0, 0.1) is 6.92 Å². The van der Waals surface area contributed by atoms with Crippen molar-refractivity contribution >= 4 is 0 Å². The van der Waals surface area contributed by atoms with Gasteiger partial charge in [0.05, 0.1) is 20.3 Å². The predicted molar refractivity (Wildman–Crippen MR) is 112 cm³/mol. The zero-order valence-electron chi connectivity index (χ0n) is 16.9. The monoisotopic (exact) mass is 376 g/mol. The lowest BCUT2D eigenvalue weighted by atomic mass is 9.99. The molecule has 1 aliphatic heterocycles. The number of ether oxygens (including phenoxy) is 2. The molecule has 0 bridgehead atoms. The van der Waals surface area contributed by atoms with Crippen molar-refractivity contribution in [3.8, 4) is 11.5 Å². The van der Waals surface area contributed by atoms with Crippen molar-refractivity contribution < 1.29 is 9.47 Å². The van der Waals surface area contributed by atoms with Crippen molar-refractivity contribution in [2.24, 2.45) is 0 Å². The number of nitrogens with zero attached hydrogens (tertiary/aromatic N) is 2. The molecule has 0 aliphatic carbocycles. The minimum absolute atomic E-state index is 0.115. The van der Waals surface area contributed by atoms with Crippen LogP contribution in [0.15, 0.2) is 60.8 Å². The van der Waals surface area contributed by atoms with Crippen molar-refractivity contribution in [3.63, 3.8) is 0 Å². The maximum absolute atomic E-state index is 5.75. The van der Waals surface area contributed by atoms with Gasteiger partial charge in [-0.15, -0.1) is 0 Å². The second kappa shape index (κ2) is 8.11. The molecule has 1 unspecified atom stereocenters. The lowest BCUT2D eigenvalue weighted by Gasteiger charge is -2.31. The second-order valence-corrected chi connectivity index (χ2v) is 7.45. The van der Waals surface area contributed by atoms with Gasteiger partial charge >= 0.3 is 0 Å². The average molecular weight is 377 g/mol. The first-order valence-corrected chi connectivity index (χ1v) is 9.86. The smallest absolute Gasteiger partial charge is 0.124 e. The third-order valence-electron chi connectivity index (χ3n) is 5.59. The number of fused-ring (bicyclic) bond motifs is 1. The van der Waals surface area contributed by atoms with Crippen LogP contribution >= 0.6 is 0 Å². The molecular weight excluding hydrogens is 348 g/mol. The highest BCUT2D eigenvalue weighted by Crippen LogP contribution is 2.39. The Morgan fingerprint density at radius 2 is 1.79 bits per heavy atom. The van der Waals surface area contributed by atoms with Crippen LogP contribution in [0.3, 0.4) is 0 Å². The van der Waals surface area contributed by atoms with Crippen molar-refractivity contribution in [3.05, 3.63) is 83.2 Å². The Morgan fingerprint density at radius 1 is 0.964 bits per heavy atom. The summed E-state index contributed by atoms with van der Waals surface area (Å²) in [7, 11) is 3.46. The molecule has 4 heteroatoms. The van der Waals surface area contributed by atoms with Gasteiger partial charge in [-0.05, 0) is 49.2 Å². The molecule has 146 valence electrons. The molecule has 2 heterocycles. The lowest BCUT2D eigenvalue weighted by molar-refractivity contribution is 0.216. The number of hydrogen-bond donors (Lipinski definition) is 0. The van der Waals surface area contributed by atoms with E-state index in [2.05, 4.69) is 65.1 Å². The molecule has 0 N–H and O–H groups in total. The third-order valence-corrected chi connectivity index (χ3v) is 5.59. The number of aryl methyl sites for hydroxylation is 2. The quantitative estimate of drug-likeness (QED) is 0.639. The molecule has 2 aromatic carbocycles. The molecule has 4 nitrogen and oxygen atoms in total. The van der Waals surface area contributed by atoms with Gasteiger partial charge in [-0.3, -0.25) is 4.90 Å². The van der Waals surface area contributed by atoms with Crippen molar-refractivity contribution in [2.75, 3.05) is 20.8 Å². The zero-order valence-corrected chi connectivity index (χ0v) is 16.9. The van der Waals surface area contributed by atoms with Crippen LogP contribution in [0.1, 0.15) is 34.8 Å². The molecular formula is C24H28N2O2. The third kappa shape index (κ3) is 3.65. The molecule has 4 rings (SSSR count). The fraction of sp³-hybridized carbons (Fsp3) is 0.333. The van der Waals surface area contributed by atoms with Gasteiger partial charge < -0.3 is 14.0 Å². The number of aromatic nitrogens is 1. The van der Waals surface area contributed by atoms with E-state index in [4.69, 9.17) is 9.47 Å². The maximum Gasteiger partial charge on any atom is 0.124 e. The summed E-state index contributed by atoms with van der Waals surface area (Å²) in [6.45, 7) is 5.10. The minimum atomic E-state index is 0.115. The highest BCUT2D eigenvalue weighted by molar-refractivity contribution is 5.45. The van der Waals surface area contributed by atoms with E-state index in [9.17, 15) is 0 Å². The van der Waals surface area contributed by atoms with Gasteiger partial charge in [-0.25, -0.2) is 0 Å². The molecule has 1 aliphatic rings. The van der Waals surface area contributed by atoms with Gasteiger partial charge in [-0.1, -0.05) is 29.8 Å². The zero-order chi connectivity index (χ0) is 19.5. The van der Waals surface area contributed by atoms with Gasteiger partial charge in [0.1, 0.15) is 11.5 Å². The molecule has 0 saturated heterocycles. The Hall–Kier alpha value is -2.72. The molecule has 0 fully saturated rings. The van der Waals surface area contributed by atoms with Gasteiger partial charge in [0.25, 0.3) is 0 Å². The molecule has 0 spiro atoms. The lowest BCUT2D eigenvalue weighted by Crippen LogP contribution is -2.29. The number of hydrogen-bond acceptors (Lipinski definition) is 3. The van der Waals surface area contributed by atoms with Crippen LogP contribution in [-0.4, -0.2) is 30.2 Å². The first-order chi connectivity index (χ1) is 13.7. The van der Waals surface area contributed by atoms with E-state index >= 15 is 0 Å². The summed E-state index contributed by atoms with van der Waals surface area (Å²) < 4.78 is 13.7. The Bertz CT molecular complexity index is 930. The maximum atomic E-state index is 5.75. The largest absolute Gasteiger partial charge is 0.497 e. The average Bonchev–Trinajstić information content (AvgIpc) is 3.11. The van der Waals surface area contributed by atoms with Crippen LogP contribution in [0.2, 0.25) is 0 Å². The van der Waals surface area contributed by atoms with Crippen LogP contribution in [0.4, 0.5) is 0 Å². The second-order valence-electron chi connectivity index (χ2n) is 7.45. The summed E-state index contributed by atoms with van der Waals surface area (Å²) in [6, 6.07) is 19.4. The molecule has 1 atom stereocenters. The fourth-order valence-corrected chi connectivity index (χ4v) is 4.15. The summed E-state index contributed by atoms with van der Waals surface area (Å²) >= 11 is 0. The summed E-state index contributed by atoms with van der Waals surface area (Å²) in [4.78, 5) is 2.56. The highest BCUT2D eigenvalue weighted by Gasteiger charge is 2.30. The van der Waals surface area contributed by atoms with E-state index in [1.165, 1.54) is 16.8 Å². The van der Waals surface area contributed by atoms with Crippen molar-refractivity contribution in [2.45, 2.75) is 32.5 Å². The molecule has 3 aromatic rings. The van der Waals surface area contributed by atoms with Gasteiger partial charge in [0, 0.05) is 37.1 Å². The van der Waals surface area contributed by atoms with Crippen LogP contribution in [0.25, 0.3) is 0 Å². The first kappa shape index (κ1) is 18.6. The predicted octanol–water partition coefficient (Wildman–Crippen LogP) is 4.81. The molecule has 0 radical (unpaired) electrons. The van der Waals surface area contributed by atoms with Crippen LogP contribution in [0.5, 0.6) is 11.5 Å². The van der Waals surface area contributed by atoms with Gasteiger partial charge in [0.2, 0.25) is 0 Å². The molecule has 0 saturated carbocycles. The van der Waals surface area contributed by atoms with E-state index in [0.29, 0.717) is 0 Å². The summed E-state index contributed by atoms with van der Waals surface area (Å²) in [5, 5.41) is 0. The Kier molecular flexibility index (Phi) is 5.40. The summed E-state index contributed by atoms with van der Waals surface area (Å²) in [5.74, 6) is 1.75. The minimum Gasteiger partial charge on any atom is -0.497 e. The molecule has 1 aromatic heterocycles. The normalized spacial score (nSPS) is 17.0. The molecule has 0 amide bonds. The summed E-state index contributed by atoms with van der Waals surface area (Å²) in [6.07, 6.45) is 3.31. The van der Waals surface area contributed by atoms with Gasteiger partial charge in [0.15, 0.2) is 0 Å². The van der Waals surface area contributed by atoms with E-state index in [0.717, 1.165) is 43.1 Å². The van der Waals surface area contributed by atoms with E-state index in [1.54, 1.807) is 14.2 Å². The van der Waals surface area contributed by atoms with Gasteiger partial charge in [-0.2, -0.15) is 0 Å². The van der Waals surface area contributed by atoms with Crippen LogP contribution < -0.4 is 9.47 Å². The standard InChI is InChI=1S/C24H28N2O2/c1-18-7-9-19(10-8-18)17-26-15-5-14-25-13-4-6-22(25)24(26)21-16-20(27-2)11-12-23(21)28-3/h4,6-13,16,24H,5,14-15,17H2,1-3H3. The SMILES string of the molecule is COc1ccc(OC)c(C2c3cccn3CCCN2Cc2ccc(C)cc2)c1. The molecule has 28 heavy (non-hydrogen) atoms. The Balaban J connectivity index is 1.80. The number of rotatable bonds is 5. The van der Waals surface area contributed by atoms with Crippen molar-refractivity contribution in [1.29, 1.82) is 0 Å². The highest BCUT2D eigenvalue weighted by atomic mass is 16.5. The first-order valence-electron chi connectivity index (χ1n) is 9.86. The number of benzene rings is 2. The number of methoxy groups -OCH3 is 2. The topological polar surface area (TPSA) is 26.6 Å². The van der Waals surface area contributed by atoms with E-state index in [1.807, 2.05) is 12.1 Å². The Morgan fingerprint density at radius 3 is 2.54 bits per heavy atom. The van der Waals surface area contributed by atoms with Crippen LogP contribution in [-0.2, 0) is 13.1 Å².